The van der Waals surface area contributed by atoms with Crippen LogP contribution in [-0.4, -0.2) is 40.0 Å². The molecule has 6 nitrogen and oxygen atoms in total. The van der Waals surface area contributed by atoms with Gasteiger partial charge in [-0.2, -0.15) is 5.10 Å². The number of carbonyl (C=O) groups excluding carboxylic acids is 2. The number of amides is 2. The third-order valence-corrected chi connectivity index (χ3v) is 5.13. The summed E-state index contributed by atoms with van der Waals surface area (Å²) in [6.45, 7) is 1.02. The van der Waals surface area contributed by atoms with Crippen molar-refractivity contribution in [2.45, 2.75) is 12.8 Å². The number of carbonyl (C=O) groups is 2. The molecule has 4 rings (SSSR count). The van der Waals surface area contributed by atoms with Gasteiger partial charge in [-0.3, -0.25) is 14.7 Å². The fourth-order valence-corrected chi connectivity index (χ4v) is 3.58. The number of likely N-dealkylation sites (tertiary alicyclic amines) is 1. The normalized spacial score (nSPS) is 16.4. The molecular formula is C22H21FN4O2. The summed E-state index contributed by atoms with van der Waals surface area (Å²) >= 11 is 0. The number of H-pyrrole nitrogens is 1. The van der Waals surface area contributed by atoms with Crippen molar-refractivity contribution in [3.63, 3.8) is 0 Å². The highest BCUT2D eigenvalue weighted by molar-refractivity contribution is 5.96. The van der Waals surface area contributed by atoms with Gasteiger partial charge in [-0.15, -0.1) is 0 Å². The first kappa shape index (κ1) is 18.9. The second-order valence-corrected chi connectivity index (χ2v) is 7.15. The number of halogens is 1. The maximum Gasteiger partial charge on any atom is 0.257 e. The largest absolute Gasteiger partial charge is 0.338 e. The molecule has 1 aliphatic heterocycles. The minimum absolute atomic E-state index is 0.104. The number of hydrogen-bond donors (Lipinski definition) is 2. The van der Waals surface area contributed by atoms with Crippen molar-refractivity contribution in [3.05, 3.63) is 72.3 Å². The van der Waals surface area contributed by atoms with E-state index in [9.17, 15) is 14.0 Å². The van der Waals surface area contributed by atoms with Gasteiger partial charge in [0.2, 0.25) is 5.91 Å². The maximum absolute atomic E-state index is 13.4. The van der Waals surface area contributed by atoms with E-state index in [0.717, 1.165) is 24.0 Å². The van der Waals surface area contributed by atoms with Gasteiger partial charge in [0.15, 0.2) is 0 Å². The Morgan fingerprint density at radius 1 is 1.14 bits per heavy atom. The molecule has 2 amide bonds. The molecule has 3 aromatic rings. The Balaban J connectivity index is 1.39. The summed E-state index contributed by atoms with van der Waals surface area (Å²) < 4.78 is 13.4. The molecule has 0 unspecified atom stereocenters. The zero-order valence-electron chi connectivity index (χ0n) is 15.8. The number of piperidine rings is 1. The predicted octanol–water partition coefficient (Wildman–Crippen LogP) is 3.71. The molecule has 1 aliphatic rings. The van der Waals surface area contributed by atoms with Gasteiger partial charge < -0.3 is 10.2 Å². The van der Waals surface area contributed by atoms with Gasteiger partial charge >= 0.3 is 0 Å². The first-order chi connectivity index (χ1) is 14.1. The molecule has 1 atom stereocenters. The van der Waals surface area contributed by atoms with Crippen LogP contribution < -0.4 is 5.32 Å². The van der Waals surface area contributed by atoms with Crippen LogP contribution in [0.2, 0.25) is 0 Å². The monoisotopic (exact) mass is 392 g/mol. The smallest absolute Gasteiger partial charge is 0.257 e. The van der Waals surface area contributed by atoms with Crippen molar-refractivity contribution in [1.82, 2.24) is 15.1 Å². The van der Waals surface area contributed by atoms with Crippen LogP contribution in [0.1, 0.15) is 23.2 Å². The van der Waals surface area contributed by atoms with Crippen LogP contribution in [-0.2, 0) is 4.79 Å². The van der Waals surface area contributed by atoms with Crippen molar-refractivity contribution >= 4 is 17.5 Å². The Hall–Kier alpha value is -3.48. The number of aromatic amines is 1. The maximum atomic E-state index is 13.4. The van der Waals surface area contributed by atoms with Crippen LogP contribution in [0, 0.1) is 11.7 Å². The fraction of sp³-hybridized carbons (Fsp3) is 0.227. The van der Waals surface area contributed by atoms with Crippen LogP contribution in [0.5, 0.6) is 0 Å². The van der Waals surface area contributed by atoms with Crippen LogP contribution in [0.15, 0.2) is 60.9 Å². The SMILES string of the molecule is O=C(Nc1ccc(-c2cccc(F)c2)cc1)[C@H]1CCCN(C(=O)c2cn[nH]c2)C1. The van der Waals surface area contributed by atoms with Gasteiger partial charge in [0, 0.05) is 25.0 Å². The molecule has 0 aliphatic carbocycles. The third kappa shape index (κ3) is 4.34. The van der Waals surface area contributed by atoms with E-state index in [-0.39, 0.29) is 23.5 Å². The minimum atomic E-state index is -0.285. The Kier molecular flexibility index (Phi) is 5.37. The molecule has 2 aromatic carbocycles. The molecular weight excluding hydrogens is 371 g/mol. The first-order valence-electron chi connectivity index (χ1n) is 9.55. The van der Waals surface area contributed by atoms with E-state index in [1.54, 1.807) is 29.3 Å². The quantitative estimate of drug-likeness (QED) is 0.711. The average molecular weight is 392 g/mol. The minimum Gasteiger partial charge on any atom is -0.338 e. The number of aromatic nitrogens is 2. The molecule has 2 heterocycles. The molecule has 0 bridgehead atoms. The Labute approximate surface area is 167 Å². The summed E-state index contributed by atoms with van der Waals surface area (Å²) in [5.74, 6) is -0.766. The zero-order valence-corrected chi connectivity index (χ0v) is 15.8. The van der Waals surface area contributed by atoms with Crippen LogP contribution in [0.3, 0.4) is 0 Å². The van der Waals surface area contributed by atoms with E-state index in [1.165, 1.54) is 18.3 Å². The number of anilines is 1. The molecule has 7 heteroatoms. The van der Waals surface area contributed by atoms with E-state index < -0.39 is 0 Å². The second-order valence-electron chi connectivity index (χ2n) is 7.15. The first-order valence-corrected chi connectivity index (χ1v) is 9.55. The van der Waals surface area contributed by atoms with E-state index in [1.807, 2.05) is 18.2 Å². The van der Waals surface area contributed by atoms with E-state index >= 15 is 0 Å². The molecule has 148 valence electrons. The number of rotatable bonds is 4. The summed E-state index contributed by atoms with van der Waals surface area (Å²) in [6, 6.07) is 13.7. The molecule has 2 N–H and O–H groups in total. The van der Waals surface area contributed by atoms with Gasteiger partial charge in [-0.05, 0) is 48.2 Å². The van der Waals surface area contributed by atoms with E-state index in [0.29, 0.717) is 24.3 Å². The van der Waals surface area contributed by atoms with E-state index in [2.05, 4.69) is 15.5 Å². The van der Waals surface area contributed by atoms with Crippen molar-refractivity contribution < 1.29 is 14.0 Å². The molecule has 1 fully saturated rings. The third-order valence-electron chi connectivity index (χ3n) is 5.13. The van der Waals surface area contributed by atoms with Gasteiger partial charge in [0.25, 0.3) is 5.91 Å². The zero-order chi connectivity index (χ0) is 20.2. The van der Waals surface area contributed by atoms with Gasteiger partial charge in [-0.25, -0.2) is 4.39 Å². The lowest BCUT2D eigenvalue weighted by atomic mass is 9.96. The molecule has 0 radical (unpaired) electrons. The summed E-state index contributed by atoms with van der Waals surface area (Å²) in [4.78, 5) is 26.9. The fourth-order valence-electron chi connectivity index (χ4n) is 3.58. The van der Waals surface area contributed by atoms with Crippen molar-refractivity contribution in [1.29, 1.82) is 0 Å². The van der Waals surface area contributed by atoms with Crippen LogP contribution in [0.25, 0.3) is 11.1 Å². The lowest BCUT2D eigenvalue weighted by Gasteiger charge is -2.31. The van der Waals surface area contributed by atoms with Crippen LogP contribution >= 0.6 is 0 Å². The number of benzene rings is 2. The summed E-state index contributed by atoms with van der Waals surface area (Å²) in [5, 5.41) is 9.37. The summed E-state index contributed by atoms with van der Waals surface area (Å²) in [6.07, 6.45) is 4.57. The lowest BCUT2D eigenvalue weighted by Crippen LogP contribution is -2.43. The Morgan fingerprint density at radius 3 is 2.69 bits per heavy atom. The van der Waals surface area contributed by atoms with Crippen LogP contribution in [0.4, 0.5) is 10.1 Å². The predicted molar refractivity (Wildman–Crippen MR) is 108 cm³/mol. The standard InChI is InChI=1S/C22H21FN4O2/c23-19-5-1-3-16(11-19)15-6-8-20(9-7-15)26-21(28)17-4-2-10-27(14-17)22(29)18-12-24-25-13-18/h1,3,5-9,11-13,17H,2,4,10,14H2,(H,24,25)(H,26,28)/t17-/m0/s1. The van der Waals surface area contributed by atoms with Gasteiger partial charge in [0.05, 0.1) is 17.7 Å². The second kappa shape index (κ2) is 8.26. The highest BCUT2D eigenvalue weighted by Crippen LogP contribution is 2.24. The molecule has 1 aromatic heterocycles. The molecule has 29 heavy (non-hydrogen) atoms. The summed E-state index contributed by atoms with van der Waals surface area (Å²) in [5.41, 5.74) is 2.83. The number of nitrogens with one attached hydrogen (secondary N) is 2. The molecule has 0 saturated carbocycles. The number of hydrogen-bond acceptors (Lipinski definition) is 3. The Bertz CT molecular complexity index is 1000. The topological polar surface area (TPSA) is 78.1 Å². The van der Waals surface area contributed by atoms with Crippen molar-refractivity contribution in [2.75, 3.05) is 18.4 Å². The molecule has 1 saturated heterocycles. The van der Waals surface area contributed by atoms with Crippen molar-refractivity contribution in [3.8, 4) is 11.1 Å². The van der Waals surface area contributed by atoms with E-state index in [4.69, 9.17) is 0 Å². The molecule has 0 spiro atoms. The highest BCUT2D eigenvalue weighted by Gasteiger charge is 2.29. The number of nitrogens with zero attached hydrogens (tertiary/aromatic N) is 2. The average Bonchev–Trinajstić information content (AvgIpc) is 3.29. The van der Waals surface area contributed by atoms with Gasteiger partial charge in [-0.1, -0.05) is 24.3 Å². The Morgan fingerprint density at radius 2 is 1.97 bits per heavy atom. The lowest BCUT2D eigenvalue weighted by molar-refractivity contribution is -0.121. The summed E-state index contributed by atoms with van der Waals surface area (Å²) in [7, 11) is 0. The highest BCUT2D eigenvalue weighted by atomic mass is 19.1. The van der Waals surface area contributed by atoms with Gasteiger partial charge in [0.1, 0.15) is 5.82 Å². The van der Waals surface area contributed by atoms with Crippen molar-refractivity contribution in [2.24, 2.45) is 5.92 Å².